The minimum atomic E-state index is -0.131. The topological polar surface area (TPSA) is 93.4 Å². The minimum Gasteiger partial charge on any atom is -0.382 e. The van der Waals surface area contributed by atoms with Gasteiger partial charge < -0.3 is 15.5 Å². The van der Waals surface area contributed by atoms with E-state index >= 15 is 0 Å². The first-order chi connectivity index (χ1) is 12.6. The lowest BCUT2D eigenvalue weighted by atomic mass is 10.1. The van der Waals surface area contributed by atoms with Gasteiger partial charge in [-0.1, -0.05) is 42.1 Å². The lowest BCUT2D eigenvalue weighted by Gasteiger charge is -2.06. The summed E-state index contributed by atoms with van der Waals surface area (Å²) in [5, 5.41) is 3.06. The molecule has 26 heavy (non-hydrogen) atoms. The van der Waals surface area contributed by atoms with E-state index in [4.69, 9.17) is 10.5 Å². The average Bonchev–Trinajstić information content (AvgIpc) is 3.05. The third-order valence-corrected chi connectivity index (χ3v) is 5.38. The van der Waals surface area contributed by atoms with Crippen LogP contribution >= 0.6 is 23.1 Å². The number of aromatic amines is 1. The SMILES string of the molecule is COC[C@@H](C)N=C(N)SCc1nc2scc(-c3ccccc3)c2c(=O)[nH]1. The smallest absolute Gasteiger partial charge is 0.260 e. The van der Waals surface area contributed by atoms with Crippen molar-refractivity contribution in [1.82, 2.24) is 9.97 Å². The Morgan fingerprint density at radius 2 is 2.19 bits per heavy atom. The summed E-state index contributed by atoms with van der Waals surface area (Å²) in [7, 11) is 1.63. The van der Waals surface area contributed by atoms with Crippen molar-refractivity contribution in [3.8, 4) is 11.1 Å². The molecule has 2 aromatic heterocycles. The first-order valence-corrected chi connectivity index (χ1v) is 9.96. The number of aliphatic imine (C=N–C) groups is 1. The fourth-order valence-corrected chi connectivity index (χ4v) is 4.21. The van der Waals surface area contributed by atoms with E-state index in [0.29, 0.717) is 28.7 Å². The monoisotopic (exact) mass is 388 g/mol. The second-order valence-corrected chi connectivity index (χ2v) is 7.62. The molecule has 3 aromatic rings. The van der Waals surface area contributed by atoms with Crippen molar-refractivity contribution in [3.63, 3.8) is 0 Å². The molecule has 0 aliphatic rings. The molecule has 0 bridgehead atoms. The number of H-pyrrole nitrogens is 1. The van der Waals surface area contributed by atoms with Gasteiger partial charge in [0.05, 0.1) is 23.8 Å². The van der Waals surface area contributed by atoms with Gasteiger partial charge >= 0.3 is 0 Å². The summed E-state index contributed by atoms with van der Waals surface area (Å²) in [5.41, 5.74) is 7.71. The molecule has 0 aliphatic carbocycles. The van der Waals surface area contributed by atoms with Crippen LogP contribution in [0.5, 0.6) is 0 Å². The molecule has 0 spiro atoms. The Morgan fingerprint density at radius 1 is 1.42 bits per heavy atom. The number of hydrogen-bond acceptors (Lipinski definition) is 6. The fourth-order valence-electron chi connectivity index (χ4n) is 2.57. The summed E-state index contributed by atoms with van der Waals surface area (Å²) in [6, 6.07) is 9.84. The van der Waals surface area contributed by atoms with Crippen LogP contribution in [0.25, 0.3) is 21.3 Å². The van der Waals surface area contributed by atoms with E-state index in [-0.39, 0.29) is 11.6 Å². The van der Waals surface area contributed by atoms with Crippen molar-refractivity contribution in [1.29, 1.82) is 0 Å². The molecule has 2 heterocycles. The van der Waals surface area contributed by atoms with Gasteiger partial charge in [0.15, 0.2) is 5.17 Å². The van der Waals surface area contributed by atoms with Crippen molar-refractivity contribution in [2.75, 3.05) is 13.7 Å². The Labute approximate surface area is 159 Å². The van der Waals surface area contributed by atoms with E-state index in [1.165, 1.54) is 23.1 Å². The number of methoxy groups -OCH3 is 1. The first-order valence-electron chi connectivity index (χ1n) is 8.09. The number of nitrogens with zero attached hydrogens (tertiary/aromatic N) is 2. The molecule has 3 rings (SSSR count). The molecule has 0 radical (unpaired) electrons. The Morgan fingerprint density at radius 3 is 2.92 bits per heavy atom. The molecule has 1 aromatic carbocycles. The van der Waals surface area contributed by atoms with E-state index in [2.05, 4.69) is 15.0 Å². The zero-order valence-corrected chi connectivity index (χ0v) is 16.2. The summed E-state index contributed by atoms with van der Waals surface area (Å²) in [6.07, 6.45) is 0. The average molecular weight is 389 g/mol. The van der Waals surface area contributed by atoms with E-state index in [0.717, 1.165) is 16.0 Å². The Balaban J connectivity index is 1.81. The van der Waals surface area contributed by atoms with E-state index < -0.39 is 0 Å². The minimum absolute atomic E-state index is 0.00675. The summed E-state index contributed by atoms with van der Waals surface area (Å²) in [4.78, 5) is 25.1. The van der Waals surface area contributed by atoms with E-state index in [1.54, 1.807) is 7.11 Å². The highest BCUT2D eigenvalue weighted by molar-refractivity contribution is 8.13. The number of thioether (sulfide) groups is 1. The van der Waals surface area contributed by atoms with Crippen LogP contribution in [-0.4, -0.2) is 34.9 Å². The largest absolute Gasteiger partial charge is 0.382 e. The number of amidine groups is 1. The van der Waals surface area contributed by atoms with Crippen molar-refractivity contribution >= 4 is 38.5 Å². The Kier molecular flexibility index (Phi) is 6.08. The highest BCUT2D eigenvalue weighted by atomic mass is 32.2. The van der Waals surface area contributed by atoms with Crippen molar-refractivity contribution in [3.05, 3.63) is 51.9 Å². The number of benzene rings is 1. The third kappa shape index (κ3) is 4.32. The predicted molar refractivity (Wildman–Crippen MR) is 110 cm³/mol. The molecule has 0 saturated heterocycles. The molecule has 0 aliphatic heterocycles. The zero-order chi connectivity index (χ0) is 18.5. The predicted octanol–water partition coefficient (Wildman–Crippen LogP) is 3.23. The van der Waals surface area contributed by atoms with Crippen LogP contribution in [0.2, 0.25) is 0 Å². The molecule has 0 unspecified atom stereocenters. The molecule has 6 nitrogen and oxygen atoms in total. The number of rotatable bonds is 6. The Hall–Kier alpha value is -2.16. The van der Waals surface area contributed by atoms with Gasteiger partial charge in [0, 0.05) is 18.1 Å². The van der Waals surface area contributed by atoms with Gasteiger partial charge in [-0.25, -0.2) is 4.98 Å². The number of thiophene rings is 1. The van der Waals surface area contributed by atoms with Gasteiger partial charge in [-0.15, -0.1) is 11.3 Å². The number of nitrogens with one attached hydrogen (secondary N) is 1. The summed E-state index contributed by atoms with van der Waals surface area (Å²) in [6.45, 7) is 2.44. The zero-order valence-electron chi connectivity index (χ0n) is 14.6. The standard InChI is InChI=1S/C18H20N4O2S2/c1-11(8-24-2)20-18(19)26-10-14-21-16(23)15-13(9-25-17(15)22-14)12-6-4-3-5-7-12/h3-7,9,11H,8,10H2,1-2H3,(H2,19,20)(H,21,22,23)/t11-/m1/s1. The normalized spacial score (nSPS) is 13.2. The number of hydrogen-bond donors (Lipinski definition) is 2. The fraction of sp³-hybridized carbons (Fsp3) is 0.278. The van der Waals surface area contributed by atoms with Gasteiger partial charge in [0.25, 0.3) is 5.56 Å². The maximum Gasteiger partial charge on any atom is 0.260 e. The molecule has 136 valence electrons. The lowest BCUT2D eigenvalue weighted by Crippen LogP contribution is -2.16. The first kappa shape index (κ1) is 18.6. The quantitative estimate of drug-likeness (QED) is 0.499. The van der Waals surface area contributed by atoms with Gasteiger partial charge in [0.1, 0.15) is 10.7 Å². The van der Waals surface area contributed by atoms with Crippen LogP contribution < -0.4 is 11.3 Å². The number of fused-ring (bicyclic) bond motifs is 1. The number of nitrogens with two attached hydrogens (primary N) is 1. The lowest BCUT2D eigenvalue weighted by molar-refractivity contribution is 0.186. The van der Waals surface area contributed by atoms with Crippen molar-refractivity contribution in [2.24, 2.45) is 10.7 Å². The maximum atomic E-state index is 12.6. The van der Waals surface area contributed by atoms with Crippen LogP contribution in [0, 0.1) is 0 Å². The van der Waals surface area contributed by atoms with E-state index in [9.17, 15) is 4.79 Å². The van der Waals surface area contributed by atoms with Crippen LogP contribution in [0.15, 0.2) is 45.5 Å². The molecule has 0 amide bonds. The summed E-state index contributed by atoms with van der Waals surface area (Å²) in [5.74, 6) is 1.05. The summed E-state index contributed by atoms with van der Waals surface area (Å²) < 4.78 is 5.04. The maximum absolute atomic E-state index is 12.6. The molecule has 1 atom stereocenters. The molecular weight excluding hydrogens is 368 g/mol. The van der Waals surface area contributed by atoms with Crippen LogP contribution in [0.3, 0.4) is 0 Å². The van der Waals surface area contributed by atoms with Gasteiger partial charge in [-0.05, 0) is 12.5 Å². The molecular formula is C18H20N4O2S2. The molecule has 3 N–H and O–H groups in total. The van der Waals surface area contributed by atoms with Crippen LogP contribution in [-0.2, 0) is 10.5 Å². The molecule has 0 fully saturated rings. The third-order valence-electron chi connectivity index (χ3n) is 3.69. The van der Waals surface area contributed by atoms with Crippen LogP contribution in [0.1, 0.15) is 12.7 Å². The molecule has 8 heteroatoms. The second kappa shape index (κ2) is 8.48. The van der Waals surface area contributed by atoms with Crippen LogP contribution in [0.4, 0.5) is 0 Å². The molecule has 0 saturated carbocycles. The van der Waals surface area contributed by atoms with Crippen molar-refractivity contribution in [2.45, 2.75) is 18.7 Å². The van der Waals surface area contributed by atoms with E-state index in [1.807, 2.05) is 42.6 Å². The Bertz CT molecular complexity index is 966. The number of aromatic nitrogens is 2. The number of ether oxygens (including phenoxy) is 1. The van der Waals surface area contributed by atoms with Gasteiger partial charge in [-0.3, -0.25) is 9.79 Å². The van der Waals surface area contributed by atoms with Crippen molar-refractivity contribution < 1.29 is 4.74 Å². The van der Waals surface area contributed by atoms with Gasteiger partial charge in [0.2, 0.25) is 0 Å². The highest BCUT2D eigenvalue weighted by Gasteiger charge is 2.13. The van der Waals surface area contributed by atoms with Gasteiger partial charge in [-0.2, -0.15) is 0 Å². The summed E-state index contributed by atoms with van der Waals surface area (Å²) >= 11 is 2.82. The second-order valence-electron chi connectivity index (χ2n) is 5.77. The highest BCUT2D eigenvalue weighted by Crippen LogP contribution is 2.30.